The van der Waals surface area contributed by atoms with E-state index in [9.17, 15) is 4.79 Å². The monoisotopic (exact) mass is 238 g/mol. The minimum atomic E-state index is 0.156. The zero-order valence-electron chi connectivity index (χ0n) is 11.2. The molecule has 2 rings (SSSR count). The summed E-state index contributed by atoms with van der Waals surface area (Å²) in [6.45, 7) is 5.89. The molecule has 0 aliphatic heterocycles. The van der Waals surface area contributed by atoms with E-state index in [0.29, 0.717) is 12.6 Å². The van der Waals surface area contributed by atoms with Crippen LogP contribution in [0.2, 0.25) is 0 Å². The van der Waals surface area contributed by atoms with E-state index in [-0.39, 0.29) is 11.3 Å². The van der Waals surface area contributed by atoms with Gasteiger partial charge >= 0.3 is 0 Å². The van der Waals surface area contributed by atoms with Gasteiger partial charge in [0.2, 0.25) is 5.91 Å². The van der Waals surface area contributed by atoms with Gasteiger partial charge in [0.25, 0.3) is 0 Å². The van der Waals surface area contributed by atoms with Gasteiger partial charge in [0.05, 0.1) is 6.54 Å². The fourth-order valence-electron chi connectivity index (χ4n) is 2.77. The van der Waals surface area contributed by atoms with Gasteiger partial charge in [-0.2, -0.15) is 0 Å². The lowest BCUT2D eigenvalue weighted by Crippen LogP contribution is -2.41. The van der Waals surface area contributed by atoms with Gasteiger partial charge in [0.1, 0.15) is 0 Å². The lowest BCUT2D eigenvalue weighted by molar-refractivity contribution is -0.120. The Balaban J connectivity index is 1.66. The molecule has 0 radical (unpaired) electrons. The molecule has 17 heavy (non-hydrogen) atoms. The zero-order chi connectivity index (χ0) is 12.3. The summed E-state index contributed by atoms with van der Waals surface area (Å²) in [6.07, 6.45) is 7.88. The van der Waals surface area contributed by atoms with Gasteiger partial charge in [0.15, 0.2) is 0 Å². The highest BCUT2D eigenvalue weighted by Gasteiger charge is 2.32. The maximum Gasteiger partial charge on any atom is 0.233 e. The number of carbonyl (C=O) groups excluding carboxylic acids is 1. The van der Waals surface area contributed by atoms with Gasteiger partial charge in [0, 0.05) is 12.6 Å². The van der Waals surface area contributed by atoms with Crippen LogP contribution in [0.15, 0.2) is 0 Å². The summed E-state index contributed by atoms with van der Waals surface area (Å²) in [6, 6.07) is 0.614. The van der Waals surface area contributed by atoms with Crippen LogP contribution in [-0.2, 0) is 4.79 Å². The summed E-state index contributed by atoms with van der Waals surface area (Å²) in [5.74, 6) is 0.946. The molecule has 2 N–H and O–H groups in total. The van der Waals surface area contributed by atoms with E-state index >= 15 is 0 Å². The van der Waals surface area contributed by atoms with Gasteiger partial charge in [-0.1, -0.05) is 26.7 Å². The van der Waals surface area contributed by atoms with E-state index in [4.69, 9.17) is 0 Å². The number of hydrogen-bond acceptors (Lipinski definition) is 2. The normalized spacial score (nSPS) is 21.8. The van der Waals surface area contributed by atoms with Gasteiger partial charge in [-0.05, 0) is 37.0 Å². The Labute approximate surface area is 105 Å². The van der Waals surface area contributed by atoms with Crippen molar-refractivity contribution in [3.05, 3.63) is 0 Å². The number of rotatable bonds is 6. The average Bonchev–Trinajstić information content (AvgIpc) is 2.94. The molecule has 2 aliphatic rings. The van der Waals surface area contributed by atoms with E-state index < -0.39 is 0 Å². The summed E-state index contributed by atoms with van der Waals surface area (Å²) in [7, 11) is 0. The van der Waals surface area contributed by atoms with Gasteiger partial charge in [-0.15, -0.1) is 0 Å². The number of amides is 1. The maximum atomic E-state index is 11.7. The van der Waals surface area contributed by atoms with Crippen molar-refractivity contribution in [3.8, 4) is 0 Å². The van der Waals surface area contributed by atoms with Crippen LogP contribution in [0.5, 0.6) is 0 Å². The Bertz CT molecular complexity index is 265. The van der Waals surface area contributed by atoms with Crippen LogP contribution in [0.3, 0.4) is 0 Å². The molecule has 0 aromatic carbocycles. The smallest absolute Gasteiger partial charge is 0.233 e. The average molecular weight is 238 g/mol. The first-order valence-electron chi connectivity index (χ1n) is 7.08. The molecule has 0 bridgehead atoms. The zero-order valence-corrected chi connectivity index (χ0v) is 11.2. The molecule has 0 saturated heterocycles. The minimum Gasteiger partial charge on any atom is -0.354 e. The van der Waals surface area contributed by atoms with E-state index in [2.05, 4.69) is 24.5 Å². The molecule has 2 saturated carbocycles. The molecule has 0 spiro atoms. The standard InChI is InChI=1S/C14H26N2O/c1-14(2,11-5-3-4-6-11)10-16-13(17)9-15-12-7-8-12/h11-12,15H,3-10H2,1-2H3,(H,16,17). The van der Waals surface area contributed by atoms with Gasteiger partial charge in [-0.3, -0.25) is 4.79 Å². The fraction of sp³-hybridized carbons (Fsp3) is 0.929. The number of hydrogen-bond donors (Lipinski definition) is 2. The molecule has 0 aromatic heterocycles. The highest BCUT2D eigenvalue weighted by molar-refractivity contribution is 5.78. The van der Waals surface area contributed by atoms with Crippen LogP contribution in [0, 0.1) is 11.3 Å². The van der Waals surface area contributed by atoms with Crippen LogP contribution in [0.25, 0.3) is 0 Å². The molecule has 3 nitrogen and oxygen atoms in total. The summed E-state index contributed by atoms with van der Waals surface area (Å²) in [5, 5.41) is 6.33. The predicted molar refractivity (Wildman–Crippen MR) is 69.8 cm³/mol. The van der Waals surface area contributed by atoms with Crippen LogP contribution in [-0.4, -0.2) is 25.0 Å². The van der Waals surface area contributed by atoms with Crippen molar-refractivity contribution in [3.63, 3.8) is 0 Å². The van der Waals surface area contributed by atoms with Crippen molar-refractivity contribution in [2.75, 3.05) is 13.1 Å². The van der Waals surface area contributed by atoms with Crippen molar-refractivity contribution < 1.29 is 4.79 Å². The highest BCUT2D eigenvalue weighted by Crippen LogP contribution is 2.38. The van der Waals surface area contributed by atoms with Crippen LogP contribution in [0.1, 0.15) is 52.4 Å². The Morgan fingerprint density at radius 1 is 1.18 bits per heavy atom. The van der Waals surface area contributed by atoms with Crippen LogP contribution < -0.4 is 10.6 Å². The van der Waals surface area contributed by atoms with E-state index in [0.717, 1.165) is 12.5 Å². The van der Waals surface area contributed by atoms with Crippen molar-refractivity contribution in [1.82, 2.24) is 10.6 Å². The molecule has 2 fully saturated rings. The minimum absolute atomic E-state index is 0.156. The van der Waals surface area contributed by atoms with Gasteiger partial charge < -0.3 is 10.6 Å². The summed E-state index contributed by atoms with van der Waals surface area (Å²) in [5.41, 5.74) is 0.256. The van der Waals surface area contributed by atoms with Crippen LogP contribution >= 0.6 is 0 Å². The van der Waals surface area contributed by atoms with E-state index in [1.165, 1.54) is 38.5 Å². The Morgan fingerprint density at radius 3 is 2.41 bits per heavy atom. The molecule has 98 valence electrons. The third kappa shape index (κ3) is 3.98. The lowest BCUT2D eigenvalue weighted by atomic mass is 9.78. The number of carbonyl (C=O) groups is 1. The predicted octanol–water partition coefficient (Wildman–Crippen LogP) is 2.07. The second-order valence-electron chi connectivity index (χ2n) is 6.40. The summed E-state index contributed by atoms with van der Waals surface area (Å²) < 4.78 is 0. The Hall–Kier alpha value is -0.570. The fourth-order valence-corrected chi connectivity index (χ4v) is 2.77. The summed E-state index contributed by atoms with van der Waals surface area (Å²) in [4.78, 5) is 11.7. The van der Waals surface area contributed by atoms with Gasteiger partial charge in [-0.25, -0.2) is 0 Å². The van der Waals surface area contributed by atoms with E-state index in [1.807, 2.05) is 0 Å². The first-order chi connectivity index (χ1) is 8.08. The SMILES string of the molecule is CC(C)(CNC(=O)CNC1CC1)C1CCCC1. The molecule has 0 atom stereocenters. The first kappa shape index (κ1) is 12.9. The van der Waals surface area contributed by atoms with Crippen molar-refractivity contribution in [2.24, 2.45) is 11.3 Å². The van der Waals surface area contributed by atoms with E-state index in [1.54, 1.807) is 0 Å². The quantitative estimate of drug-likeness (QED) is 0.744. The molecule has 0 aromatic rings. The topological polar surface area (TPSA) is 41.1 Å². The Kier molecular flexibility index (Phi) is 4.08. The van der Waals surface area contributed by atoms with Crippen LogP contribution in [0.4, 0.5) is 0 Å². The maximum absolute atomic E-state index is 11.7. The molecule has 0 heterocycles. The molecule has 1 amide bonds. The van der Waals surface area contributed by atoms with Crippen molar-refractivity contribution in [2.45, 2.75) is 58.4 Å². The highest BCUT2D eigenvalue weighted by atomic mass is 16.1. The summed E-state index contributed by atoms with van der Waals surface area (Å²) >= 11 is 0. The number of nitrogens with one attached hydrogen (secondary N) is 2. The molecule has 3 heteroatoms. The lowest BCUT2D eigenvalue weighted by Gasteiger charge is -2.31. The first-order valence-corrected chi connectivity index (χ1v) is 7.08. The second kappa shape index (κ2) is 5.38. The van der Waals surface area contributed by atoms with Crippen molar-refractivity contribution >= 4 is 5.91 Å². The largest absolute Gasteiger partial charge is 0.354 e. The molecular weight excluding hydrogens is 212 g/mol. The molecule has 2 aliphatic carbocycles. The third-order valence-electron chi connectivity index (χ3n) is 4.33. The Morgan fingerprint density at radius 2 is 1.82 bits per heavy atom. The van der Waals surface area contributed by atoms with Crippen molar-refractivity contribution in [1.29, 1.82) is 0 Å². The second-order valence-corrected chi connectivity index (χ2v) is 6.40. The third-order valence-corrected chi connectivity index (χ3v) is 4.33. The molecule has 0 unspecified atom stereocenters. The molecular formula is C14H26N2O.